The van der Waals surface area contributed by atoms with Crippen molar-refractivity contribution < 1.29 is 21.9 Å². The van der Waals surface area contributed by atoms with Gasteiger partial charge in [-0.1, -0.05) is 0 Å². The largest absolute Gasteiger partial charge is 0.453 e. The maximum absolute atomic E-state index is 14.5. The third-order valence-electron chi connectivity index (χ3n) is 4.81. The number of aromatic nitrogens is 2. The number of nitrogens with one attached hydrogen (secondary N) is 1. The number of nitrogens with zero attached hydrogens (tertiary/aromatic N) is 4. The van der Waals surface area contributed by atoms with Gasteiger partial charge >= 0.3 is 10.2 Å². The highest BCUT2D eigenvalue weighted by atomic mass is 32.2. The minimum Gasteiger partial charge on any atom is -0.453 e. The summed E-state index contributed by atoms with van der Waals surface area (Å²) in [6, 6.07) is 8.80. The van der Waals surface area contributed by atoms with Gasteiger partial charge in [0.05, 0.1) is 23.0 Å². The van der Waals surface area contributed by atoms with Gasteiger partial charge in [0.2, 0.25) is 0 Å². The van der Waals surface area contributed by atoms with E-state index in [4.69, 9.17) is 4.74 Å². The number of hydrogen-bond acceptors (Lipinski definition) is 5. The quantitative estimate of drug-likeness (QED) is 0.667. The second-order valence-corrected chi connectivity index (χ2v) is 8.54. The van der Waals surface area contributed by atoms with Gasteiger partial charge in [-0.15, -0.1) is 0 Å². The van der Waals surface area contributed by atoms with Gasteiger partial charge in [-0.3, -0.25) is 4.72 Å². The zero-order valence-electron chi connectivity index (χ0n) is 15.8. The molecule has 1 N–H and O–H groups in total. The third-order valence-corrected chi connectivity index (χ3v) is 6.30. The lowest BCUT2D eigenvalue weighted by molar-refractivity contribution is 0.343. The predicted molar refractivity (Wildman–Crippen MR) is 106 cm³/mol. The van der Waals surface area contributed by atoms with Crippen LogP contribution in [-0.2, 0) is 17.3 Å². The topological polar surface area (TPSA) is 100 Å². The first-order valence-corrected chi connectivity index (χ1v) is 10.5. The van der Waals surface area contributed by atoms with E-state index < -0.39 is 27.9 Å². The Balaban J connectivity index is 1.68. The van der Waals surface area contributed by atoms with Crippen molar-refractivity contribution in [2.75, 3.05) is 17.8 Å². The molecule has 156 valence electrons. The highest BCUT2D eigenvalue weighted by Crippen LogP contribution is 2.34. The molecule has 0 radical (unpaired) electrons. The van der Waals surface area contributed by atoms with Gasteiger partial charge in [0.25, 0.3) is 0 Å². The lowest BCUT2D eigenvalue weighted by Gasteiger charge is -2.18. The van der Waals surface area contributed by atoms with Gasteiger partial charge < -0.3 is 9.30 Å². The van der Waals surface area contributed by atoms with E-state index in [1.165, 1.54) is 0 Å². The van der Waals surface area contributed by atoms with Crippen LogP contribution >= 0.6 is 0 Å². The Morgan fingerprint density at radius 1 is 1.33 bits per heavy atom. The molecule has 0 saturated carbocycles. The molecule has 2 heterocycles. The first kappa shape index (κ1) is 20.1. The highest BCUT2D eigenvalue weighted by molar-refractivity contribution is 7.90. The molecule has 0 bridgehead atoms. The second kappa shape index (κ2) is 7.55. The number of halogens is 2. The van der Waals surface area contributed by atoms with E-state index in [2.05, 4.69) is 9.71 Å². The summed E-state index contributed by atoms with van der Waals surface area (Å²) in [6.07, 6.45) is 0.470. The molecule has 1 aromatic heterocycles. The molecule has 1 atom stereocenters. The number of anilines is 1. The molecule has 0 unspecified atom stereocenters. The molecule has 1 saturated heterocycles. The molecule has 1 aliphatic rings. The Morgan fingerprint density at radius 2 is 2.13 bits per heavy atom. The van der Waals surface area contributed by atoms with E-state index in [1.807, 2.05) is 0 Å². The van der Waals surface area contributed by atoms with Crippen LogP contribution in [0.2, 0.25) is 0 Å². The lowest BCUT2D eigenvalue weighted by atomic mass is 10.1. The van der Waals surface area contributed by atoms with Gasteiger partial charge in [0.15, 0.2) is 11.6 Å². The monoisotopic (exact) mass is 433 g/mol. The number of ether oxygens (including phenoxy) is 1. The van der Waals surface area contributed by atoms with E-state index in [-0.39, 0.29) is 36.5 Å². The zero-order chi connectivity index (χ0) is 21.5. The van der Waals surface area contributed by atoms with E-state index in [9.17, 15) is 22.5 Å². The summed E-state index contributed by atoms with van der Waals surface area (Å²) in [6.45, 7) is -0.250. The van der Waals surface area contributed by atoms with Crippen LogP contribution in [0.15, 0.2) is 36.7 Å². The van der Waals surface area contributed by atoms with Crippen molar-refractivity contribution in [2.45, 2.75) is 12.6 Å². The van der Waals surface area contributed by atoms with Crippen molar-refractivity contribution in [1.29, 1.82) is 5.26 Å². The fourth-order valence-corrected chi connectivity index (χ4v) is 4.53. The molecule has 4 rings (SSSR count). The maximum Gasteiger partial charge on any atom is 0.301 e. The molecule has 0 aliphatic carbocycles. The van der Waals surface area contributed by atoms with Crippen molar-refractivity contribution in [3.8, 4) is 17.6 Å². The zero-order valence-corrected chi connectivity index (χ0v) is 16.7. The minimum absolute atomic E-state index is 0.0215. The SMILES string of the molecule is Cn1cnc2ccc(Oc3c(F)ccc(NS(=O)(=O)N4CC[C@H](F)C4)c3C#N)cc21. The number of hydrogen-bond donors (Lipinski definition) is 1. The molecule has 11 heteroatoms. The van der Waals surface area contributed by atoms with Gasteiger partial charge in [-0.05, 0) is 30.7 Å². The molecule has 1 fully saturated rings. The van der Waals surface area contributed by atoms with Crippen LogP contribution in [-0.4, -0.2) is 41.5 Å². The normalized spacial score (nSPS) is 17.2. The number of rotatable bonds is 5. The summed E-state index contributed by atoms with van der Waals surface area (Å²) < 4.78 is 63.5. The average molecular weight is 433 g/mol. The van der Waals surface area contributed by atoms with Gasteiger partial charge in [-0.2, -0.15) is 18.0 Å². The molecule has 3 aromatic rings. The number of benzene rings is 2. The summed E-state index contributed by atoms with van der Waals surface area (Å²) in [4.78, 5) is 4.19. The first-order chi connectivity index (χ1) is 14.3. The lowest BCUT2D eigenvalue weighted by Crippen LogP contribution is -2.34. The van der Waals surface area contributed by atoms with Crippen LogP contribution in [0.3, 0.4) is 0 Å². The summed E-state index contributed by atoms with van der Waals surface area (Å²) >= 11 is 0. The van der Waals surface area contributed by atoms with E-state index in [0.29, 0.717) is 5.52 Å². The number of nitriles is 1. The molecule has 30 heavy (non-hydrogen) atoms. The van der Waals surface area contributed by atoms with Crippen molar-refractivity contribution in [1.82, 2.24) is 13.9 Å². The van der Waals surface area contributed by atoms with Crippen LogP contribution in [0.25, 0.3) is 11.0 Å². The molecule has 0 amide bonds. The van der Waals surface area contributed by atoms with Gasteiger partial charge in [0.1, 0.15) is 23.6 Å². The van der Waals surface area contributed by atoms with Crippen LogP contribution in [0.1, 0.15) is 12.0 Å². The van der Waals surface area contributed by atoms with Crippen molar-refractivity contribution >= 4 is 26.9 Å². The Hall–Kier alpha value is -3.23. The second-order valence-electron chi connectivity index (χ2n) is 6.87. The highest BCUT2D eigenvalue weighted by Gasteiger charge is 2.32. The van der Waals surface area contributed by atoms with E-state index in [0.717, 1.165) is 22.0 Å². The van der Waals surface area contributed by atoms with Gasteiger partial charge in [0, 0.05) is 26.2 Å². The predicted octanol–water partition coefficient (Wildman–Crippen LogP) is 3.08. The van der Waals surface area contributed by atoms with Crippen molar-refractivity contribution in [3.63, 3.8) is 0 Å². The molecule has 2 aromatic carbocycles. The summed E-state index contributed by atoms with van der Waals surface area (Å²) in [5.74, 6) is -0.991. The fourth-order valence-electron chi connectivity index (χ4n) is 3.25. The maximum atomic E-state index is 14.5. The summed E-state index contributed by atoms with van der Waals surface area (Å²) in [7, 11) is -2.32. The van der Waals surface area contributed by atoms with Gasteiger partial charge in [-0.25, -0.2) is 13.8 Å². The standard InChI is InChI=1S/C19H17F2N5O3S/c1-25-11-23-17-4-2-13(8-18(17)25)29-19-14(9-22)16(5-3-15(19)21)24-30(27,28)26-7-6-12(20)10-26/h2-5,8,11-12,24H,6-7,10H2,1H3/t12-/m0/s1. The molecule has 0 spiro atoms. The minimum atomic E-state index is -4.11. The molecule has 1 aliphatic heterocycles. The Labute approximate surface area is 171 Å². The Bertz CT molecular complexity index is 1270. The fraction of sp³-hybridized carbons (Fsp3) is 0.263. The average Bonchev–Trinajstić information content (AvgIpc) is 3.31. The van der Waals surface area contributed by atoms with Crippen LogP contribution in [0.4, 0.5) is 14.5 Å². The Morgan fingerprint density at radius 3 is 2.83 bits per heavy atom. The first-order valence-electron chi connectivity index (χ1n) is 9.02. The van der Waals surface area contributed by atoms with Crippen molar-refractivity contribution in [2.24, 2.45) is 7.05 Å². The van der Waals surface area contributed by atoms with E-state index in [1.54, 1.807) is 42.2 Å². The Kier molecular flexibility index (Phi) is 5.05. The number of imidazole rings is 1. The number of aryl methyl sites for hydroxylation is 1. The molecular formula is C19H17F2N5O3S. The van der Waals surface area contributed by atoms with Crippen molar-refractivity contribution in [3.05, 3.63) is 48.0 Å². The van der Waals surface area contributed by atoms with Crippen LogP contribution in [0, 0.1) is 17.1 Å². The summed E-state index contributed by atoms with van der Waals surface area (Å²) in [5.41, 5.74) is 0.972. The van der Waals surface area contributed by atoms with Crippen LogP contribution < -0.4 is 9.46 Å². The van der Waals surface area contributed by atoms with E-state index >= 15 is 0 Å². The third kappa shape index (κ3) is 3.67. The molecular weight excluding hydrogens is 416 g/mol. The number of alkyl halides is 1. The summed E-state index contributed by atoms with van der Waals surface area (Å²) in [5, 5.41) is 9.57. The number of fused-ring (bicyclic) bond motifs is 1. The van der Waals surface area contributed by atoms with Crippen LogP contribution in [0.5, 0.6) is 11.5 Å². The smallest absolute Gasteiger partial charge is 0.301 e. The molecule has 8 nitrogen and oxygen atoms in total.